The molecule has 1 N–H and O–H groups in total. The Morgan fingerprint density at radius 2 is 1.95 bits per heavy atom. The fourth-order valence-corrected chi connectivity index (χ4v) is 2.75. The van der Waals surface area contributed by atoms with Crippen molar-refractivity contribution in [1.82, 2.24) is 20.4 Å². The minimum atomic E-state index is 0. The first-order valence-corrected chi connectivity index (χ1v) is 7.59. The van der Waals surface area contributed by atoms with E-state index in [0.29, 0.717) is 29.3 Å². The van der Waals surface area contributed by atoms with E-state index in [1.165, 1.54) is 0 Å². The van der Waals surface area contributed by atoms with Gasteiger partial charge in [-0.2, -0.15) is 4.98 Å². The van der Waals surface area contributed by atoms with Gasteiger partial charge in [0.25, 0.3) is 0 Å². The second kappa shape index (κ2) is 7.92. The molecule has 1 aliphatic rings. The van der Waals surface area contributed by atoms with Gasteiger partial charge in [0.15, 0.2) is 0 Å². The summed E-state index contributed by atoms with van der Waals surface area (Å²) in [5.41, 5.74) is 0.916. The summed E-state index contributed by atoms with van der Waals surface area (Å²) in [6.45, 7) is 2.84. The maximum Gasteiger partial charge on any atom is 0.241 e. The summed E-state index contributed by atoms with van der Waals surface area (Å²) in [4.78, 5) is 6.76. The highest BCUT2D eigenvalue weighted by Crippen LogP contribution is 2.19. The van der Waals surface area contributed by atoms with Crippen LogP contribution in [0.15, 0.2) is 28.8 Å². The van der Waals surface area contributed by atoms with Crippen molar-refractivity contribution >= 4 is 24.0 Å². The molecule has 120 valence electrons. The number of nitrogens with one attached hydrogen (secondary N) is 1. The van der Waals surface area contributed by atoms with Crippen LogP contribution in [0.1, 0.15) is 18.7 Å². The number of hydrogen-bond donors (Lipinski definition) is 1. The Morgan fingerprint density at radius 3 is 2.64 bits per heavy atom. The summed E-state index contributed by atoms with van der Waals surface area (Å²) in [6.07, 6.45) is 2.32. The minimum absolute atomic E-state index is 0. The van der Waals surface area contributed by atoms with Crippen LogP contribution in [-0.4, -0.2) is 41.2 Å². The Balaban J connectivity index is 0.00000176. The molecule has 2 heterocycles. The fourth-order valence-electron chi connectivity index (χ4n) is 2.63. The molecule has 1 aromatic carbocycles. The molecule has 22 heavy (non-hydrogen) atoms. The molecule has 1 saturated heterocycles. The lowest BCUT2D eigenvalue weighted by Gasteiger charge is -2.30. The summed E-state index contributed by atoms with van der Waals surface area (Å²) in [5.74, 6) is 1.27. The molecule has 2 aromatic rings. The molecular weight excluding hydrogens is 323 g/mol. The van der Waals surface area contributed by atoms with Crippen LogP contribution in [0.4, 0.5) is 0 Å². The molecule has 0 atom stereocenters. The molecule has 5 nitrogen and oxygen atoms in total. The van der Waals surface area contributed by atoms with Gasteiger partial charge in [-0.05, 0) is 57.2 Å². The lowest BCUT2D eigenvalue weighted by molar-refractivity contribution is 0.171. The van der Waals surface area contributed by atoms with E-state index in [-0.39, 0.29) is 12.4 Å². The fraction of sp³-hybridized carbons (Fsp3) is 0.467. The molecule has 0 unspecified atom stereocenters. The van der Waals surface area contributed by atoms with E-state index in [0.717, 1.165) is 31.5 Å². The smallest absolute Gasteiger partial charge is 0.241 e. The van der Waals surface area contributed by atoms with E-state index in [1.807, 2.05) is 24.3 Å². The average Bonchev–Trinajstić information content (AvgIpc) is 2.97. The maximum absolute atomic E-state index is 5.88. The highest BCUT2D eigenvalue weighted by atomic mass is 35.5. The Morgan fingerprint density at radius 1 is 1.27 bits per heavy atom. The van der Waals surface area contributed by atoms with E-state index in [1.54, 1.807) is 0 Å². The van der Waals surface area contributed by atoms with Gasteiger partial charge in [-0.15, -0.1) is 12.4 Å². The van der Waals surface area contributed by atoms with Crippen molar-refractivity contribution < 1.29 is 4.52 Å². The van der Waals surface area contributed by atoms with Crippen molar-refractivity contribution in [3.63, 3.8) is 0 Å². The largest absolute Gasteiger partial charge is 0.338 e. The molecule has 0 bridgehead atoms. The monoisotopic (exact) mass is 342 g/mol. The Hall–Kier alpha value is -1.14. The second-order valence-electron chi connectivity index (χ2n) is 5.41. The average molecular weight is 343 g/mol. The molecule has 7 heteroatoms. The van der Waals surface area contributed by atoms with Crippen LogP contribution >= 0.6 is 24.0 Å². The van der Waals surface area contributed by atoms with E-state index in [9.17, 15) is 0 Å². The first-order chi connectivity index (χ1) is 10.2. The topological polar surface area (TPSA) is 54.2 Å². The third kappa shape index (κ3) is 4.20. The summed E-state index contributed by atoms with van der Waals surface area (Å²) < 4.78 is 5.36. The Bertz CT molecular complexity index is 581. The van der Waals surface area contributed by atoms with E-state index in [2.05, 4.69) is 27.4 Å². The number of halogens is 2. The van der Waals surface area contributed by atoms with Crippen LogP contribution < -0.4 is 5.32 Å². The van der Waals surface area contributed by atoms with Crippen molar-refractivity contribution in [1.29, 1.82) is 0 Å². The zero-order valence-corrected chi connectivity index (χ0v) is 14.0. The van der Waals surface area contributed by atoms with Crippen molar-refractivity contribution in [3.8, 4) is 11.4 Å². The van der Waals surface area contributed by atoms with Gasteiger partial charge in [0, 0.05) is 16.6 Å². The van der Waals surface area contributed by atoms with Gasteiger partial charge in [-0.25, -0.2) is 0 Å². The van der Waals surface area contributed by atoms with Gasteiger partial charge in [0.1, 0.15) is 0 Å². The predicted octanol–water partition coefficient (Wildman–Crippen LogP) is 3.00. The van der Waals surface area contributed by atoms with Crippen LogP contribution in [0.3, 0.4) is 0 Å². The van der Waals surface area contributed by atoms with E-state index < -0.39 is 0 Å². The van der Waals surface area contributed by atoms with Gasteiger partial charge >= 0.3 is 0 Å². The Labute approximate surface area is 141 Å². The number of benzene rings is 1. The van der Waals surface area contributed by atoms with E-state index in [4.69, 9.17) is 16.1 Å². The highest BCUT2D eigenvalue weighted by molar-refractivity contribution is 6.30. The van der Waals surface area contributed by atoms with Crippen molar-refractivity contribution in [3.05, 3.63) is 35.2 Å². The van der Waals surface area contributed by atoms with Crippen molar-refractivity contribution in [2.24, 2.45) is 0 Å². The number of aromatic nitrogens is 2. The molecule has 1 fully saturated rings. The van der Waals surface area contributed by atoms with Crippen molar-refractivity contribution in [2.45, 2.75) is 25.4 Å². The highest BCUT2D eigenvalue weighted by Gasteiger charge is 2.20. The summed E-state index contributed by atoms with van der Waals surface area (Å²) in [5, 5.41) is 8.12. The lowest BCUT2D eigenvalue weighted by atomic mass is 10.1. The van der Waals surface area contributed by atoms with Crippen LogP contribution in [0.25, 0.3) is 11.4 Å². The van der Waals surface area contributed by atoms with Gasteiger partial charge in [-0.1, -0.05) is 16.8 Å². The van der Waals surface area contributed by atoms with Crippen LogP contribution in [-0.2, 0) is 6.54 Å². The first-order valence-electron chi connectivity index (χ1n) is 7.22. The molecule has 1 aromatic heterocycles. The molecule has 0 radical (unpaired) electrons. The van der Waals surface area contributed by atoms with Crippen LogP contribution in [0, 0.1) is 0 Å². The molecule has 1 aliphatic heterocycles. The molecule has 0 aliphatic carbocycles. The number of nitrogens with zero attached hydrogens (tertiary/aromatic N) is 3. The molecular formula is C15H20Cl2N4O. The third-order valence-electron chi connectivity index (χ3n) is 3.89. The summed E-state index contributed by atoms with van der Waals surface area (Å²) in [6, 6.07) is 8.03. The molecule has 0 saturated carbocycles. The first kappa shape index (κ1) is 17.2. The van der Waals surface area contributed by atoms with Crippen LogP contribution in [0.5, 0.6) is 0 Å². The maximum atomic E-state index is 5.88. The quantitative estimate of drug-likeness (QED) is 0.925. The van der Waals surface area contributed by atoms with E-state index >= 15 is 0 Å². The number of rotatable bonds is 4. The van der Waals surface area contributed by atoms with Crippen molar-refractivity contribution in [2.75, 3.05) is 20.1 Å². The lowest BCUT2D eigenvalue weighted by Crippen LogP contribution is -2.40. The zero-order valence-electron chi connectivity index (χ0n) is 12.5. The van der Waals surface area contributed by atoms with Crippen LogP contribution in [0.2, 0.25) is 5.02 Å². The molecule has 0 spiro atoms. The third-order valence-corrected chi connectivity index (χ3v) is 4.14. The zero-order chi connectivity index (χ0) is 14.7. The summed E-state index contributed by atoms with van der Waals surface area (Å²) >= 11 is 5.88. The molecule has 0 amide bonds. The normalized spacial score (nSPS) is 15.8. The predicted molar refractivity (Wildman–Crippen MR) is 89.4 cm³/mol. The molecule has 3 rings (SSSR count). The minimum Gasteiger partial charge on any atom is -0.338 e. The van der Waals surface area contributed by atoms with Gasteiger partial charge in [0.05, 0.1) is 6.54 Å². The Kier molecular flexibility index (Phi) is 6.20. The number of hydrogen-bond acceptors (Lipinski definition) is 5. The number of piperidine rings is 1. The standard InChI is InChI=1S/C15H19ClN4O.ClH/c1-20(13-6-8-17-9-7-13)10-14-18-15(19-21-14)11-2-4-12(16)5-3-11;/h2-5,13,17H,6-10H2,1H3;1H. The van der Waals surface area contributed by atoms with Gasteiger partial charge in [-0.3, -0.25) is 4.90 Å². The van der Waals surface area contributed by atoms with Gasteiger partial charge in [0.2, 0.25) is 11.7 Å². The SMILES string of the molecule is CN(Cc1nc(-c2ccc(Cl)cc2)no1)C1CCNCC1.Cl. The van der Waals surface area contributed by atoms with Gasteiger partial charge < -0.3 is 9.84 Å². The summed E-state index contributed by atoms with van der Waals surface area (Å²) in [7, 11) is 2.11. The second-order valence-corrected chi connectivity index (χ2v) is 5.85.